The predicted octanol–water partition coefficient (Wildman–Crippen LogP) is 4.03. The van der Waals surface area contributed by atoms with Crippen LogP contribution in [0.3, 0.4) is 0 Å². The number of hydrogen-bond acceptors (Lipinski definition) is 2. The number of nitrogens with zero attached hydrogens (tertiary/aromatic N) is 1. The summed E-state index contributed by atoms with van der Waals surface area (Å²) in [7, 11) is 0. The van der Waals surface area contributed by atoms with Gasteiger partial charge < -0.3 is 10.6 Å². The largest absolute Gasteiger partial charge is 0.365 e. The number of hydrogen-bond donors (Lipinski definition) is 1. The minimum atomic E-state index is -0.174. The second-order valence-corrected chi connectivity index (χ2v) is 6.64. The lowest BCUT2D eigenvalue weighted by Crippen LogP contribution is -2.33. The van der Waals surface area contributed by atoms with Crippen molar-refractivity contribution in [3.63, 3.8) is 0 Å². The van der Waals surface area contributed by atoms with Crippen LogP contribution in [0.25, 0.3) is 0 Å². The molecule has 0 fully saturated rings. The third-order valence-electron chi connectivity index (χ3n) is 4.00. The standard InChI is InChI=1S/C17H25FN2/c1-12(19)14-6-5-7-15(18)16(14)20-10-8-13(9-11-20)17(2,3)4/h5-8,12H,9-11,19H2,1-4H3/t12-/m1/s1. The van der Waals surface area contributed by atoms with Gasteiger partial charge in [-0.2, -0.15) is 0 Å². The van der Waals surface area contributed by atoms with Gasteiger partial charge >= 0.3 is 0 Å². The summed E-state index contributed by atoms with van der Waals surface area (Å²) in [6.45, 7) is 10.2. The number of nitrogens with two attached hydrogens (primary N) is 1. The van der Waals surface area contributed by atoms with Gasteiger partial charge in [-0.15, -0.1) is 0 Å². The van der Waals surface area contributed by atoms with E-state index in [0.717, 1.165) is 25.1 Å². The van der Waals surface area contributed by atoms with E-state index in [1.165, 1.54) is 11.6 Å². The molecular formula is C17H25FN2. The molecule has 0 radical (unpaired) electrons. The first-order valence-corrected chi connectivity index (χ1v) is 7.29. The Kier molecular flexibility index (Phi) is 4.19. The number of anilines is 1. The fourth-order valence-electron chi connectivity index (χ4n) is 2.79. The van der Waals surface area contributed by atoms with E-state index >= 15 is 0 Å². The Morgan fingerprint density at radius 2 is 2.00 bits per heavy atom. The van der Waals surface area contributed by atoms with Crippen molar-refractivity contribution in [2.24, 2.45) is 11.1 Å². The van der Waals surface area contributed by atoms with Gasteiger partial charge in [0.2, 0.25) is 0 Å². The second kappa shape index (κ2) is 5.57. The third-order valence-corrected chi connectivity index (χ3v) is 4.00. The zero-order valence-electron chi connectivity index (χ0n) is 12.9. The quantitative estimate of drug-likeness (QED) is 0.826. The molecule has 0 saturated carbocycles. The Bertz CT molecular complexity index is 512. The molecule has 1 atom stereocenters. The van der Waals surface area contributed by atoms with Crippen LogP contribution in [-0.2, 0) is 0 Å². The fourth-order valence-corrected chi connectivity index (χ4v) is 2.79. The number of halogens is 1. The Morgan fingerprint density at radius 3 is 2.50 bits per heavy atom. The fraction of sp³-hybridized carbons (Fsp3) is 0.529. The molecule has 1 heterocycles. The van der Waals surface area contributed by atoms with Crippen LogP contribution in [0.5, 0.6) is 0 Å². The number of para-hydroxylation sites is 1. The molecule has 110 valence electrons. The highest BCUT2D eigenvalue weighted by Crippen LogP contribution is 2.34. The molecule has 0 unspecified atom stereocenters. The molecule has 1 aromatic carbocycles. The van der Waals surface area contributed by atoms with Crippen LogP contribution in [0.15, 0.2) is 29.8 Å². The lowest BCUT2D eigenvalue weighted by molar-refractivity contribution is 0.471. The molecule has 0 amide bonds. The van der Waals surface area contributed by atoms with Crippen LogP contribution < -0.4 is 10.6 Å². The molecule has 1 aliphatic rings. The average Bonchev–Trinajstić information content (AvgIpc) is 2.37. The monoisotopic (exact) mass is 276 g/mol. The molecule has 1 aliphatic heterocycles. The van der Waals surface area contributed by atoms with Gasteiger partial charge in [-0.25, -0.2) is 4.39 Å². The van der Waals surface area contributed by atoms with Gasteiger partial charge in [0.15, 0.2) is 0 Å². The van der Waals surface area contributed by atoms with Gasteiger partial charge in [0.25, 0.3) is 0 Å². The Hall–Kier alpha value is -1.35. The van der Waals surface area contributed by atoms with E-state index < -0.39 is 0 Å². The first kappa shape index (κ1) is 15.0. The molecule has 3 heteroatoms. The van der Waals surface area contributed by atoms with Crippen LogP contribution in [-0.4, -0.2) is 13.1 Å². The van der Waals surface area contributed by atoms with Gasteiger partial charge in [-0.1, -0.05) is 44.6 Å². The van der Waals surface area contributed by atoms with Gasteiger partial charge in [0.05, 0.1) is 5.69 Å². The lowest BCUT2D eigenvalue weighted by Gasteiger charge is -2.35. The SMILES string of the molecule is C[C@@H](N)c1cccc(F)c1N1CC=C(C(C)(C)C)CC1. The van der Waals surface area contributed by atoms with E-state index in [4.69, 9.17) is 5.73 Å². The van der Waals surface area contributed by atoms with Gasteiger partial charge in [0, 0.05) is 19.1 Å². The van der Waals surface area contributed by atoms with E-state index in [-0.39, 0.29) is 17.3 Å². The normalized spacial score (nSPS) is 17.9. The number of rotatable bonds is 2. The Morgan fingerprint density at radius 1 is 1.30 bits per heavy atom. The molecule has 2 rings (SSSR count). The van der Waals surface area contributed by atoms with E-state index in [0.29, 0.717) is 5.69 Å². The molecule has 2 N–H and O–H groups in total. The van der Waals surface area contributed by atoms with Crippen molar-refractivity contribution in [3.05, 3.63) is 41.2 Å². The smallest absolute Gasteiger partial charge is 0.146 e. The molecule has 0 saturated heterocycles. The molecule has 20 heavy (non-hydrogen) atoms. The zero-order chi connectivity index (χ0) is 14.9. The summed E-state index contributed by atoms with van der Waals surface area (Å²) in [5.74, 6) is -0.174. The van der Waals surface area contributed by atoms with Crippen LogP contribution in [0.2, 0.25) is 0 Å². The minimum Gasteiger partial charge on any atom is -0.365 e. The Balaban J connectivity index is 2.30. The van der Waals surface area contributed by atoms with Crippen LogP contribution >= 0.6 is 0 Å². The lowest BCUT2D eigenvalue weighted by atomic mass is 9.83. The van der Waals surface area contributed by atoms with Crippen molar-refractivity contribution in [3.8, 4) is 0 Å². The van der Waals surface area contributed by atoms with Crippen molar-refractivity contribution in [2.45, 2.75) is 40.2 Å². The summed E-state index contributed by atoms with van der Waals surface area (Å²) in [4.78, 5) is 2.10. The first-order valence-electron chi connectivity index (χ1n) is 7.29. The van der Waals surface area contributed by atoms with Crippen molar-refractivity contribution in [2.75, 3.05) is 18.0 Å². The van der Waals surface area contributed by atoms with Crippen LogP contribution in [0.4, 0.5) is 10.1 Å². The highest BCUT2D eigenvalue weighted by Gasteiger charge is 2.24. The minimum absolute atomic E-state index is 0.159. The van der Waals surface area contributed by atoms with Gasteiger partial charge in [-0.05, 0) is 30.4 Å². The van der Waals surface area contributed by atoms with Crippen molar-refractivity contribution < 1.29 is 4.39 Å². The van der Waals surface area contributed by atoms with Crippen LogP contribution in [0, 0.1) is 11.2 Å². The summed E-state index contributed by atoms with van der Waals surface area (Å²) < 4.78 is 14.2. The predicted molar refractivity (Wildman–Crippen MR) is 83.4 cm³/mol. The highest BCUT2D eigenvalue weighted by atomic mass is 19.1. The van der Waals surface area contributed by atoms with E-state index in [9.17, 15) is 4.39 Å². The molecule has 0 aliphatic carbocycles. The second-order valence-electron chi connectivity index (χ2n) is 6.64. The van der Waals surface area contributed by atoms with E-state index in [1.807, 2.05) is 13.0 Å². The van der Waals surface area contributed by atoms with Gasteiger partial charge in [-0.3, -0.25) is 0 Å². The topological polar surface area (TPSA) is 29.3 Å². The maximum Gasteiger partial charge on any atom is 0.146 e. The molecule has 0 aromatic heterocycles. The molecule has 2 nitrogen and oxygen atoms in total. The summed E-state index contributed by atoms with van der Waals surface area (Å²) in [5, 5.41) is 0. The third kappa shape index (κ3) is 3.04. The highest BCUT2D eigenvalue weighted by molar-refractivity contribution is 5.57. The first-order chi connectivity index (χ1) is 9.30. The van der Waals surface area contributed by atoms with E-state index in [1.54, 1.807) is 6.07 Å². The summed E-state index contributed by atoms with van der Waals surface area (Å²) in [6, 6.07) is 5.02. The summed E-state index contributed by atoms with van der Waals surface area (Å²) >= 11 is 0. The molecule has 1 aromatic rings. The van der Waals surface area contributed by atoms with E-state index in [2.05, 4.69) is 31.7 Å². The van der Waals surface area contributed by atoms with Crippen LogP contribution in [0.1, 0.15) is 45.7 Å². The van der Waals surface area contributed by atoms with Crippen molar-refractivity contribution in [1.82, 2.24) is 0 Å². The molecule has 0 bridgehead atoms. The van der Waals surface area contributed by atoms with Crippen molar-refractivity contribution in [1.29, 1.82) is 0 Å². The maximum atomic E-state index is 14.2. The Labute approximate surface area is 121 Å². The summed E-state index contributed by atoms with van der Waals surface area (Å²) in [6.07, 6.45) is 3.22. The zero-order valence-corrected chi connectivity index (χ0v) is 12.9. The summed E-state index contributed by atoms with van der Waals surface area (Å²) in [5.41, 5.74) is 9.19. The maximum absolute atomic E-state index is 14.2. The number of benzene rings is 1. The molecular weight excluding hydrogens is 251 g/mol. The van der Waals surface area contributed by atoms with Gasteiger partial charge in [0.1, 0.15) is 5.82 Å². The average molecular weight is 276 g/mol. The molecule has 0 spiro atoms. The van der Waals surface area contributed by atoms with Crippen molar-refractivity contribution >= 4 is 5.69 Å².